The van der Waals surface area contributed by atoms with Crippen molar-refractivity contribution >= 4 is 5.97 Å². The number of methoxy groups -OCH3 is 1. The summed E-state index contributed by atoms with van der Waals surface area (Å²) in [6.07, 6.45) is 3.56. The molecular weight excluding hydrogens is 142 g/mol. The Morgan fingerprint density at radius 2 is 2.64 bits per heavy atom. The fourth-order valence-corrected chi connectivity index (χ4v) is 1.09. The van der Waals surface area contributed by atoms with Gasteiger partial charge in [-0.1, -0.05) is 6.08 Å². The lowest BCUT2D eigenvalue weighted by Crippen LogP contribution is -2.23. The van der Waals surface area contributed by atoms with Crippen LogP contribution in [0.3, 0.4) is 0 Å². The molecular formula is C8H13NO2. The minimum Gasteiger partial charge on any atom is -0.469 e. The lowest BCUT2D eigenvalue weighted by atomic mass is 10.1. The Kier molecular flexibility index (Phi) is 3.11. The van der Waals surface area contributed by atoms with Crippen LogP contribution in [0.15, 0.2) is 11.6 Å². The third-order valence-electron chi connectivity index (χ3n) is 1.71. The minimum atomic E-state index is -0.153. The number of nitrogens with one attached hydrogen (secondary N) is 1. The first-order chi connectivity index (χ1) is 5.33. The van der Waals surface area contributed by atoms with Gasteiger partial charge >= 0.3 is 5.97 Å². The van der Waals surface area contributed by atoms with Gasteiger partial charge in [-0.3, -0.25) is 4.79 Å². The molecule has 0 aromatic heterocycles. The average Bonchev–Trinajstić information content (AvgIpc) is 2.06. The monoisotopic (exact) mass is 155 g/mol. The van der Waals surface area contributed by atoms with Crippen molar-refractivity contribution in [3.63, 3.8) is 0 Å². The molecule has 0 saturated heterocycles. The van der Waals surface area contributed by atoms with Crippen molar-refractivity contribution < 1.29 is 9.53 Å². The van der Waals surface area contributed by atoms with Crippen molar-refractivity contribution in [3.8, 4) is 0 Å². The van der Waals surface area contributed by atoms with Crippen molar-refractivity contribution in [1.82, 2.24) is 5.32 Å². The van der Waals surface area contributed by atoms with Gasteiger partial charge in [-0.25, -0.2) is 0 Å². The van der Waals surface area contributed by atoms with E-state index >= 15 is 0 Å². The van der Waals surface area contributed by atoms with Crippen molar-refractivity contribution in [3.05, 3.63) is 11.6 Å². The molecule has 0 amide bonds. The van der Waals surface area contributed by atoms with Gasteiger partial charge < -0.3 is 10.1 Å². The summed E-state index contributed by atoms with van der Waals surface area (Å²) in [5, 5.41) is 3.19. The highest BCUT2D eigenvalue weighted by molar-refractivity contribution is 5.72. The van der Waals surface area contributed by atoms with Gasteiger partial charge in [-0.2, -0.15) is 0 Å². The zero-order valence-electron chi connectivity index (χ0n) is 6.72. The second-order valence-electron chi connectivity index (χ2n) is 2.58. The van der Waals surface area contributed by atoms with Crippen LogP contribution in [0.5, 0.6) is 0 Å². The van der Waals surface area contributed by atoms with Gasteiger partial charge in [-0.05, 0) is 18.5 Å². The van der Waals surface area contributed by atoms with Crippen LogP contribution in [0.1, 0.15) is 12.8 Å². The molecule has 0 radical (unpaired) electrons. The molecule has 1 heterocycles. The second kappa shape index (κ2) is 4.13. The molecule has 1 rings (SSSR count). The van der Waals surface area contributed by atoms with Crippen LogP contribution < -0.4 is 5.32 Å². The van der Waals surface area contributed by atoms with E-state index in [1.54, 1.807) is 0 Å². The molecule has 11 heavy (non-hydrogen) atoms. The van der Waals surface area contributed by atoms with Gasteiger partial charge in [0.1, 0.15) is 0 Å². The normalized spacial score (nSPS) is 17.4. The van der Waals surface area contributed by atoms with E-state index in [4.69, 9.17) is 0 Å². The average molecular weight is 155 g/mol. The van der Waals surface area contributed by atoms with Crippen LogP contribution in [-0.4, -0.2) is 26.2 Å². The molecule has 0 atom stereocenters. The maximum Gasteiger partial charge on any atom is 0.309 e. The lowest BCUT2D eigenvalue weighted by Gasteiger charge is -2.12. The molecule has 62 valence electrons. The Hall–Kier alpha value is -0.830. The number of hydrogen-bond donors (Lipinski definition) is 1. The van der Waals surface area contributed by atoms with Crippen LogP contribution in [0.25, 0.3) is 0 Å². The smallest absolute Gasteiger partial charge is 0.309 e. The highest BCUT2D eigenvalue weighted by atomic mass is 16.5. The van der Waals surface area contributed by atoms with E-state index in [1.807, 2.05) is 0 Å². The number of hydrogen-bond acceptors (Lipinski definition) is 3. The molecule has 0 saturated carbocycles. The van der Waals surface area contributed by atoms with E-state index < -0.39 is 0 Å². The molecule has 0 aromatic rings. The third kappa shape index (κ3) is 2.72. The van der Waals surface area contributed by atoms with E-state index in [2.05, 4.69) is 16.1 Å². The summed E-state index contributed by atoms with van der Waals surface area (Å²) in [6, 6.07) is 0. The predicted octanol–water partition coefficient (Wildman–Crippen LogP) is 0.469. The molecule has 0 spiro atoms. The molecule has 0 aromatic carbocycles. The summed E-state index contributed by atoms with van der Waals surface area (Å²) < 4.78 is 4.55. The van der Waals surface area contributed by atoms with Gasteiger partial charge in [0.05, 0.1) is 13.5 Å². The van der Waals surface area contributed by atoms with E-state index in [0.717, 1.165) is 25.1 Å². The fourth-order valence-electron chi connectivity index (χ4n) is 1.09. The maximum absolute atomic E-state index is 10.8. The first-order valence-electron chi connectivity index (χ1n) is 3.78. The van der Waals surface area contributed by atoms with Gasteiger partial charge in [0.25, 0.3) is 0 Å². The van der Waals surface area contributed by atoms with Crippen molar-refractivity contribution in [2.24, 2.45) is 0 Å². The van der Waals surface area contributed by atoms with Crippen molar-refractivity contribution in [2.75, 3.05) is 20.2 Å². The highest BCUT2D eigenvalue weighted by Crippen LogP contribution is 2.06. The van der Waals surface area contributed by atoms with Gasteiger partial charge in [-0.15, -0.1) is 0 Å². The Morgan fingerprint density at radius 3 is 3.18 bits per heavy atom. The van der Waals surface area contributed by atoms with Gasteiger partial charge in [0.15, 0.2) is 0 Å². The molecule has 1 aliphatic heterocycles. The number of esters is 1. The largest absolute Gasteiger partial charge is 0.469 e. The second-order valence-corrected chi connectivity index (χ2v) is 2.58. The molecule has 0 unspecified atom stereocenters. The molecule has 3 heteroatoms. The summed E-state index contributed by atoms with van der Waals surface area (Å²) in [7, 11) is 1.42. The first-order valence-corrected chi connectivity index (χ1v) is 3.78. The van der Waals surface area contributed by atoms with Crippen LogP contribution >= 0.6 is 0 Å². The number of ether oxygens (including phenoxy) is 1. The third-order valence-corrected chi connectivity index (χ3v) is 1.71. The lowest BCUT2D eigenvalue weighted by molar-refractivity contribution is -0.139. The Labute approximate surface area is 66.4 Å². The molecule has 1 aliphatic rings. The maximum atomic E-state index is 10.8. The topological polar surface area (TPSA) is 38.3 Å². The van der Waals surface area contributed by atoms with Crippen molar-refractivity contribution in [2.45, 2.75) is 12.8 Å². The number of rotatable bonds is 2. The number of carbonyl (C=O) groups is 1. The van der Waals surface area contributed by atoms with E-state index in [1.165, 1.54) is 7.11 Å². The zero-order valence-corrected chi connectivity index (χ0v) is 6.72. The Morgan fingerprint density at radius 1 is 1.82 bits per heavy atom. The van der Waals surface area contributed by atoms with E-state index in [9.17, 15) is 4.79 Å². The van der Waals surface area contributed by atoms with Gasteiger partial charge in [0, 0.05) is 6.54 Å². The van der Waals surface area contributed by atoms with E-state index in [0.29, 0.717) is 6.42 Å². The molecule has 1 N–H and O–H groups in total. The number of carbonyl (C=O) groups excluding carboxylic acids is 1. The molecule has 0 aliphatic carbocycles. The molecule has 0 bridgehead atoms. The van der Waals surface area contributed by atoms with E-state index in [-0.39, 0.29) is 5.97 Å². The first kappa shape index (κ1) is 8.27. The van der Waals surface area contributed by atoms with Crippen LogP contribution in [0, 0.1) is 0 Å². The summed E-state index contributed by atoms with van der Waals surface area (Å²) >= 11 is 0. The standard InChI is InChI=1S/C8H13NO2/c1-11-8(10)5-7-3-2-4-9-6-7/h3,9H,2,4-6H2,1H3. The minimum absolute atomic E-state index is 0.153. The van der Waals surface area contributed by atoms with Gasteiger partial charge in [0.2, 0.25) is 0 Å². The van der Waals surface area contributed by atoms with Crippen LogP contribution in [-0.2, 0) is 9.53 Å². The summed E-state index contributed by atoms with van der Waals surface area (Å²) in [4.78, 5) is 10.8. The predicted molar refractivity (Wildman–Crippen MR) is 42.2 cm³/mol. The SMILES string of the molecule is COC(=O)CC1=CCCNC1. The summed E-state index contributed by atoms with van der Waals surface area (Å²) in [5.74, 6) is -0.153. The fraction of sp³-hybridized carbons (Fsp3) is 0.625. The Balaban J connectivity index is 2.35. The zero-order chi connectivity index (χ0) is 8.10. The molecule has 0 fully saturated rings. The van der Waals surface area contributed by atoms with Crippen LogP contribution in [0.4, 0.5) is 0 Å². The van der Waals surface area contributed by atoms with Crippen LogP contribution in [0.2, 0.25) is 0 Å². The molecule has 3 nitrogen and oxygen atoms in total. The summed E-state index contributed by atoms with van der Waals surface area (Å²) in [6.45, 7) is 1.85. The Bertz CT molecular complexity index is 175. The highest BCUT2D eigenvalue weighted by Gasteiger charge is 2.07. The van der Waals surface area contributed by atoms with Crippen molar-refractivity contribution in [1.29, 1.82) is 0 Å². The quantitative estimate of drug-likeness (QED) is 0.465. The summed E-state index contributed by atoms with van der Waals surface area (Å²) in [5.41, 5.74) is 1.14.